The van der Waals surface area contributed by atoms with Gasteiger partial charge in [0.15, 0.2) is 0 Å². The van der Waals surface area contributed by atoms with Gasteiger partial charge in [-0.05, 0) is 42.1 Å². The quantitative estimate of drug-likeness (QED) is 0.164. The van der Waals surface area contributed by atoms with E-state index in [0.717, 1.165) is 49.9 Å². The van der Waals surface area contributed by atoms with Crippen LogP contribution >= 0.6 is 0 Å². The van der Waals surface area contributed by atoms with Crippen LogP contribution in [0.25, 0.3) is 49.4 Å². The molecule has 46 heavy (non-hydrogen) atoms. The van der Waals surface area contributed by atoms with Crippen molar-refractivity contribution in [1.29, 1.82) is 0 Å². The Balaban J connectivity index is 0.00000312. The molecule has 8 aromatic rings. The van der Waals surface area contributed by atoms with Crippen LogP contribution in [0.1, 0.15) is 0 Å². The van der Waals surface area contributed by atoms with Gasteiger partial charge in [-0.2, -0.15) is 12.1 Å². The molecule has 5 aromatic carbocycles. The van der Waals surface area contributed by atoms with Crippen molar-refractivity contribution in [3.8, 4) is 17.3 Å². The fourth-order valence-corrected chi connectivity index (χ4v) is 6.35. The van der Waals surface area contributed by atoms with Gasteiger partial charge in [-0.1, -0.05) is 60.1 Å². The van der Waals surface area contributed by atoms with Gasteiger partial charge in [0.2, 0.25) is 0 Å². The topological polar surface area (TPSA) is 38.5 Å². The standard InChI is InChI=1S/C39H26N5O.Pt/c1-41-35-16-7-5-15-32(35)34-25-40-39(24-37(34)41)44-36-17-8-6-14-31(36)33-19-18-30(23-38(33)44)45-29-13-9-12-28(22-29)43-21-20-42(26-43)27-10-3-2-4-11-27;/h2-21,24-26H,1H3;/q-3;. The Morgan fingerprint density at radius 3 is 2.20 bits per heavy atom. The summed E-state index contributed by atoms with van der Waals surface area (Å²) < 4.78 is 10.8. The Morgan fingerprint density at radius 2 is 1.35 bits per heavy atom. The van der Waals surface area contributed by atoms with Gasteiger partial charge in [0, 0.05) is 79.4 Å². The summed E-state index contributed by atoms with van der Waals surface area (Å²) in [4.78, 5) is 9.08. The summed E-state index contributed by atoms with van der Waals surface area (Å²) in [6.07, 6.45) is 6.02. The molecule has 0 bridgehead atoms. The number of aryl methyl sites for hydroxylation is 1. The third-order valence-corrected chi connectivity index (χ3v) is 8.51. The van der Waals surface area contributed by atoms with Crippen LogP contribution in [0, 0.1) is 18.8 Å². The van der Waals surface area contributed by atoms with E-state index in [1.54, 1.807) is 0 Å². The zero-order valence-electron chi connectivity index (χ0n) is 24.7. The van der Waals surface area contributed by atoms with Gasteiger partial charge >= 0.3 is 0 Å². The van der Waals surface area contributed by atoms with E-state index in [1.165, 1.54) is 10.9 Å². The molecule has 0 unspecified atom stereocenters. The number of nitrogens with zero attached hydrogens (tertiary/aromatic N) is 5. The molecule has 1 aliphatic heterocycles. The van der Waals surface area contributed by atoms with E-state index in [0.29, 0.717) is 11.5 Å². The van der Waals surface area contributed by atoms with Crippen molar-refractivity contribution in [3.05, 3.63) is 153 Å². The van der Waals surface area contributed by atoms with Crippen molar-refractivity contribution < 1.29 is 25.8 Å². The summed E-state index contributed by atoms with van der Waals surface area (Å²) in [5.74, 6) is 2.05. The first-order valence-corrected chi connectivity index (χ1v) is 14.9. The van der Waals surface area contributed by atoms with E-state index < -0.39 is 0 Å². The number of anilines is 2. The van der Waals surface area contributed by atoms with Crippen molar-refractivity contribution in [2.45, 2.75) is 0 Å². The number of rotatable bonds is 5. The number of benzene rings is 5. The van der Waals surface area contributed by atoms with Crippen LogP contribution in [0.3, 0.4) is 0 Å². The summed E-state index contributed by atoms with van der Waals surface area (Å²) in [7, 11) is 2.11. The molecule has 0 spiro atoms. The summed E-state index contributed by atoms with van der Waals surface area (Å²) in [6.45, 7) is 2.03. The number of para-hydroxylation sites is 3. The Kier molecular flexibility index (Phi) is 6.88. The number of aromatic nitrogens is 3. The van der Waals surface area contributed by atoms with Crippen LogP contribution < -0.4 is 14.5 Å². The summed E-state index contributed by atoms with van der Waals surface area (Å²) in [5, 5.41) is 4.57. The second-order valence-electron chi connectivity index (χ2n) is 11.1. The molecule has 226 valence electrons. The zero-order valence-corrected chi connectivity index (χ0v) is 27.0. The minimum atomic E-state index is 0. The van der Waals surface area contributed by atoms with Crippen LogP contribution in [-0.2, 0) is 28.1 Å². The van der Waals surface area contributed by atoms with Gasteiger partial charge in [-0.3, -0.25) is 0 Å². The van der Waals surface area contributed by atoms with E-state index in [1.807, 2.05) is 72.6 Å². The Labute approximate surface area is 280 Å². The Morgan fingerprint density at radius 1 is 0.630 bits per heavy atom. The largest absolute Gasteiger partial charge is 0.509 e. The maximum atomic E-state index is 6.39. The van der Waals surface area contributed by atoms with E-state index in [-0.39, 0.29) is 21.1 Å². The van der Waals surface area contributed by atoms with Crippen LogP contribution in [0.15, 0.2) is 134 Å². The van der Waals surface area contributed by atoms with E-state index in [4.69, 9.17) is 9.72 Å². The first-order valence-electron chi connectivity index (χ1n) is 14.9. The molecule has 6 nitrogen and oxygen atoms in total. The molecule has 0 saturated carbocycles. The normalized spacial score (nSPS) is 12.9. The predicted octanol–water partition coefficient (Wildman–Crippen LogP) is 9.13. The Hall–Kier alpha value is -5.32. The molecule has 0 saturated heterocycles. The maximum absolute atomic E-state index is 6.39. The van der Waals surface area contributed by atoms with E-state index in [9.17, 15) is 0 Å². The molecule has 3 aromatic heterocycles. The molecule has 1 aliphatic rings. The molecule has 0 fully saturated rings. The fourth-order valence-electron chi connectivity index (χ4n) is 6.35. The van der Waals surface area contributed by atoms with Crippen LogP contribution in [0.4, 0.5) is 11.4 Å². The average molecular weight is 776 g/mol. The molecular formula is C39H26N5OPt-3. The number of ether oxygens (including phenoxy) is 1. The molecule has 0 atom stereocenters. The third-order valence-electron chi connectivity index (χ3n) is 8.51. The minimum Gasteiger partial charge on any atom is -0.509 e. The van der Waals surface area contributed by atoms with E-state index >= 15 is 0 Å². The maximum Gasteiger partial charge on any atom is 0.137 e. The van der Waals surface area contributed by atoms with Crippen molar-refractivity contribution in [2.24, 2.45) is 7.05 Å². The van der Waals surface area contributed by atoms with Crippen molar-refractivity contribution >= 4 is 55.0 Å². The third kappa shape index (κ3) is 4.56. The molecule has 9 rings (SSSR count). The molecule has 4 heterocycles. The second-order valence-corrected chi connectivity index (χ2v) is 11.1. The predicted molar refractivity (Wildman–Crippen MR) is 182 cm³/mol. The smallest absolute Gasteiger partial charge is 0.137 e. The Bertz CT molecular complexity index is 2430. The van der Waals surface area contributed by atoms with Crippen molar-refractivity contribution in [1.82, 2.24) is 14.1 Å². The molecule has 0 N–H and O–H groups in total. The van der Waals surface area contributed by atoms with Crippen LogP contribution in [0.2, 0.25) is 0 Å². The monoisotopic (exact) mass is 775 g/mol. The fraction of sp³-hybridized carbons (Fsp3) is 0.0256. The van der Waals surface area contributed by atoms with Gasteiger partial charge in [0.05, 0.1) is 5.52 Å². The molecule has 0 aliphatic carbocycles. The summed E-state index contributed by atoms with van der Waals surface area (Å²) in [5.41, 5.74) is 6.26. The van der Waals surface area contributed by atoms with Crippen molar-refractivity contribution in [2.75, 3.05) is 9.80 Å². The van der Waals surface area contributed by atoms with Crippen LogP contribution in [-0.4, -0.2) is 14.1 Å². The van der Waals surface area contributed by atoms with Gasteiger partial charge in [-0.15, -0.1) is 48.1 Å². The second kappa shape index (κ2) is 11.2. The number of pyridine rings is 1. The summed E-state index contributed by atoms with van der Waals surface area (Å²) in [6, 6.07) is 46.2. The molecule has 7 heteroatoms. The average Bonchev–Trinajstić information content (AvgIpc) is 3.79. The first kappa shape index (κ1) is 28.2. The zero-order chi connectivity index (χ0) is 29.9. The van der Waals surface area contributed by atoms with Gasteiger partial charge < -0.3 is 23.7 Å². The molecular weight excluding hydrogens is 750 g/mol. The van der Waals surface area contributed by atoms with Gasteiger partial charge in [0.25, 0.3) is 0 Å². The number of hydrogen-bond donors (Lipinski definition) is 0. The SMILES string of the molecule is Cn1c2ccccc2c2cnc(-n3c4[c-]c(Oc5[c-]c(N6C=CN(c7ccccc7)[CH-]6)ccc5)ccc4c4ccccc43)cc21.[Pt]. The summed E-state index contributed by atoms with van der Waals surface area (Å²) >= 11 is 0. The van der Waals surface area contributed by atoms with Gasteiger partial charge in [0.1, 0.15) is 5.82 Å². The number of fused-ring (bicyclic) bond motifs is 6. The van der Waals surface area contributed by atoms with Crippen LogP contribution in [0.5, 0.6) is 11.5 Å². The minimum absolute atomic E-state index is 0. The molecule has 0 radical (unpaired) electrons. The first-order chi connectivity index (χ1) is 22.2. The number of hydrogen-bond acceptors (Lipinski definition) is 4. The van der Waals surface area contributed by atoms with Gasteiger partial charge in [-0.25, -0.2) is 4.98 Å². The molecule has 0 amide bonds. The van der Waals surface area contributed by atoms with E-state index in [2.05, 4.69) is 106 Å². The van der Waals surface area contributed by atoms with Crippen molar-refractivity contribution in [3.63, 3.8) is 0 Å².